The van der Waals surface area contributed by atoms with E-state index in [1.165, 1.54) is 33.7 Å². The molecule has 2 rings (SSSR count). The second-order valence-electron chi connectivity index (χ2n) is 5.91. The minimum Gasteiger partial charge on any atom is -0.496 e. The fourth-order valence-electron chi connectivity index (χ4n) is 2.17. The Morgan fingerprint density at radius 3 is 2.58 bits per heavy atom. The summed E-state index contributed by atoms with van der Waals surface area (Å²) in [5.74, 6) is -0.878. The summed E-state index contributed by atoms with van der Waals surface area (Å²) in [6, 6.07) is 4.79. The maximum atomic E-state index is 12.3. The Bertz CT molecular complexity index is 771. The van der Waals surface area contributed by atoms with Gasteiger partial charge in [-0.15, -0.1) is 0 Å². The number of ether oxygens (including phenoxy) is 1. The number of likely N-dealkylation sites (N-methyl/N-ethyl adjacent to an activating group) is 1. The van der Waals surface area contributed by atoms with Crippen LogP contribution in [-0.2, 0) is 9.59 Å². The molecule has 0 saturated heterocycles. The molecule has 1 aromatic carbocycles. The van der Waals surface area contributed by atoms with Crippen LogP contribution in [0.4, 0.5) is 5.69 Å². The molecule has 3 N–H and O–H groups in total. The van der Waals surface area contributed by atoms with Crippen LogP contribution < -0.4 is 10.1 Å². The number of hydrogen-bond acceptors (Lipinski definition) is 7. The van der Waals surface area contributed by atoms with Gasteiger partial charge >= 0.3 is 11.8 Å². The highest BCUT2D eigenvalue weighted by atomic mass is 16.5. The number of carbonyl (C=O) groups is 2. The molecule has 0 fully saturated rings. The Balaban J connectivity index is 2.18. The number of nitrogens with one attached hydrogen (secondary N) is 1. The molecule has 0 spiro atoms. The Kier molecular flexibility index (Phi) is 5.96. The van der Waals surface area contributed by atoms with Crippen LogP contribution in [-0.4, -0.2) is 64.8 Å². The zero-order valence-electron chi connectivity index (χ0n) is 14.7. The standard InChI is InChI=1S/C17H21N3O6/c1-17(8-21,9-22)20(2)16(24)15(23)19-11-4-5-12(13(6-11)25-3)14-7-18-10-26-14/h4-7,10,21-22H,8-9H2,1-3H3,(H,19,23). The van der Waals surface area contributed by atoms with Gasteiger partial charge in [-0.3, -0.25) is 9.59 Å². The highest BCUT2D eigenvalue weighted by molar-refractivity contribution is 6.39. The molecule has 0 aliphatic carbocycles. The number of hydrogen-bond donors (Lipinski definition) is 3. The maximum Gasteiger partial charge on any atom is 0.313 e. The van der Waals surface area contributed by atoms with Crippen molar-refractivity contribution < 1.29 is 29.0 Å². The summed E-state index contributed by atoms with van der Waals surface area (Å²) in [5.41, 5.74) is -0.270. The average Bonchev–Trinajstić information content (AvgIpc) is 3.20. The first-order valence-electron chi connectivity index (χ1n) is 7.74. The Morgan fingerprint density at radius 1 is 1.35 bits per heavy atom. The van der Waals surface area contributed by atoms with Crippen LogP contribution in [0.3, 0.4) is 0 Å². The van der Waals surface area contributed by atoms with Gasteiger partial charge in [0.1, 0.15) is 5.75 Å². The lowest BCUT2D eigenvalue weighted by molar-refractivity contribution is -0.148. The first kappa shape index (κ1) is 19.4. The third-order valence-electron chi connectivity index (χ3n) is 4.15. The highest BCUT2D eigenvalue weighted by Crippen LogP contribution is 2.32. The van der Waals surface area contributed by atoms with E-state index in [0.29, 0.717) is 22.8 Å². The number of aliphatic hydroxyl groups excluding tert-OH is 2. The van der Waals surface area contributed by atoms with Gasteiger partial charge in [0.05, 0.1) is 37.6 Å². The fourth-order valence-corrected chi connectivity index (χ4v) is 2.17. The van der Waals surface area contributed by atoms with Crippen molar-refractivity contribution in [1.82, 2.24) is 9.88 Å². The molecule has 26 heavy (non-hydrogen) atoms. The third-order valence-corrected chi connectivity index (χ3v) is 4.15. The normalized spacial score (nSPS) is 11.1. The molecule has 1 heterocycles. The van der Waals surface area contributed by atoms with Crippen molar-refractivity contribution in [2.24, 2.45) is 0 Å². The predicted octanol–water partition coefficient (Wildman–Crippen LogP) is 0.490. The molecule has 0 saturated carbocycles. The number of amides is 2. The van der Waals surface area contributed by atoms with Gasteiger partial charge < -0.3 is 29.6 Å². The topological polar surface area (TPSA) is 125 Å². The predicted molar refractivity (Wildman–Crippen MR) is 92.5 cm³/mol. The molecule has 0 aliphatic heterocycles. The van der Waals surface area contributed by atoms with Crippen molar-refractivity contribution in [1.29, 1.82) is 0 Å². The molecule has 9 nitrogen and oxygen atoms in total. The smallest absolute Gasteiger partial charge is 0.313 e. The fraction of sp³-hybridized carbons (Fsp3) is 0.353. The van der Waals surface area contributed by atoms with E-state index in [0.717, 1.165) is 4.90 Å². The van der Waals surface area contributed by atoms with Gasteiger partial charge in [0.15, 0.2) is 12.2 Å². The summed E-state index contributed by atoms with van der Waals surface area (Å²) in [6.45, 7) is 0.491. The number of carbonyl (C=O) groups excluding carboxylic acids is 2. The number of rotatable bonds is 6. The zero-order valence-corrected chi connectivity index (χ0v) is 14.7. The first-order chi connectivity index (χ1) is 12.4. The van der Waals surface area contributed by atoms with Crippen LogP contribution in [0, 0.1) is 0 Å². The number of methoxy groups -OCH3 is 1. The van der Waals surface area contributed by atoms with E-state index < -0.39 is 30.6 Å². The van der Waals surface area contributed by atoms with Crippen molar-refractivity contribution in [2.75, 3.05) is 32.7 Å². The summed E-state index contributed by atoms with van der Waals surface area (Å²) in [4.78, 5) is 29.3. The van der Waals surface area contributed by atoms with Crippen LogP contribution in [0.15, 0.2) is 35.2 Å². The molecule has 9 heteroatoms. The molecule has 0 unspecified atom stereocenters. The van der Waals surface area contributed by atoms with Crippen LogP contribution in [0.5, 0.6) is 5.75 Å². The zero-order chi connectivity index (χ0) is 19.3. The number of anilines is 1. The molecule has 0 aliphatic rings. The Labute approximate surface area is 150 Å². The minimum absolute atomic E-state index is 0.339. The summed E-state index contributed by atoms with van der Waals surface area (Å²) in [7, 11) is 2.80. The van der Waals surface area contributed by atoms with E-state index >= 15 is 0 Å². The highest BCUT2D eigenvalue weighted by Gasteiger charge is 2.34. The first-order valence-corrected chi connectivity index (χ1v) is 7.74. The molecule has 2 aromatic rings. The van der Waals surface area contributed by atoms with Gasteiger partial charge in [0, 0.05) is 18.8 Å². The molecule has 2 amide bonds. The molecule has 1 aromatic heterocycles. The lowest BCUT2D eigenvalue weighted by Gasteiger charge is -2.35. The van der Waals surface area contributed by atoms with E-state index in [-0.39, 0.29) is 0 Å². The van der Waals surface area contributed by atoms with E-state index in [1.54, 1.807) is 18.2 Å². The Morgan fingerprint density at radius 2 is 2.04 bits per heavy atom. The summed E-state index contributed by atoms with van der Waals surface area (Å²) >= 11 is 0. The molecule has 140 valence electrons. The van der Waals surface area contributed by atoms with E-state index in [4.69, 9.17) is 9.15 Å². The van der Waals surface area contributed by atoms with Crippen molar-refractivity contribution in [3.63, 3.8) is 0 Å². The van der Waals surface area contributed by atoms with Gasteiger partial charge in [-0.1, -0.05) is 0 Å². The van der Waals surface area contributed by atoms with Crippen LogP contribution >= 0.6 is 0 Å². The Hall–Kier alpha value is -2.91. The molecular formula is C17H21N3O6. The van der Waals surface area contributed by atoms with Crippen molar-refractivity contribution >= 4 is 17.5 Å². The van der Waals surface area contributed by atoms with Crippen LogP contribution in [0.25, 0.3) is 11.3 Å². The number of nitrogens with zero attached hydrogens (tertiary/aromatic N) is 2. The molecule has 0 atom stereocenters. The molecule has 0 radical (unpaired) electrons. The SMILES string of the molecule is COc1cc(NC(=O)C(=O)N(C)C(C)(CO)CO)ccc1-c1cnco1. The monoisotopic (exact) mass is 363 g/mol. The quantitative estimate of drug-likeness (QED) is 0.638. The van der Waals surface area contributed by atoms with E-state index in [9.17, 15) is 19.8 Å². The second kappa shape index (κ2) is 7.98. The number of aromatic nitrogens is 1. The lowest BCUT2D eigenvalue weighted by Crippen LogP contribution is -2.55. The van der Waals surface area contributed by atoms with Crippen molar-refractivity contribution in [3.05, 3.63) is 30.8 Å². The molecule has 0 bridgehead atoms. The van der Waals surface area contributed by atoms with E-state index in [1.807, 2.05) is 0 Å². The third kappa shape index (κ3) is 3.84. The number of oxazole rings is 1. The van der Waals surface area contributed by atoms with Crippen LogP contribution in [0.1, 0.15) is 6.92 Å². The van der Waals surface area contributed by atoms with Gasteiger partial charge in [0.25, 0.3) is 0 Å². The van der Waals surface area contributed by atoms with Gasteiger partial charge in [-0.05, 0) is 19.1 Å². The van der Waals surface area contributed by atoms with Crippen LogP contribution in [0.2, 0.25) is 0 Å². The summed E-state index contributed by atoms with van der Waals surface area (Å²) in [6.07, 6.45) is 2.82. The van der Waals surface area contributed by atoms with Gasteiger partial charge in [-0.2, -0.15) is 0 Å². The number of aliphatic hydroxyl groups is 2. The summed E-state index contributed by atoms with van der Waals surface area (Å²) in [5, 5.41) is 21.2. The lowest BCUT2D eigenvalue weighted by atomic mass is 10.0. The summed E-state index contributed by atoms with van der Waals surface area (Å²) < 4.78 is 10.5. The van der Waals surface area contributed by atoms with Gasteiger partial charge in [0.2, 0.25) is 0 Å². The van der Waals surface area contributed by atoms with Crippen molar-refractivity contribution in [2.45, 2.75) is 12.5 Å². The average molecular weight is 363 g/mol. The maximum absolute atomic E-state index is 12.3. The minimum atomic E-state index is -1.25. The van der Waals surface area contributed by atoms with Gasteiger partial charge in [-0.25, -0.2) is 4.98 Å². The number of benzene rings is 1. The van der Waals surface area contributed by atoms with Crippen molar-refractivity contribution in [3.8, 4) is 17.1 Å². The second-order valence-corrected chi connectivity index (χ2v) is 5.91. The molecular weight excluding hydrogens is 342 g/mol. The largest absolute Gasteiger partial charge is 0.496 e. The van der Waals surface area contributed by atoms with E-state index in [2.05, 4.69) is 10.3 Å².